The lowest BCUT2D eigenvalue weighted by molar-refractivity contribution is -0.184. The summed E-state index contributed by atoms with van der Waals surface area (Å²) in [6.45, 7) is 10.3. The second-order valence-corrected chi connectivity index (χ2v) is 7.75. The fraction of sp³-hybridized carbons (Fsp3) is 0.938. The number of aliphatic hydroxyl groups excluding tert-OH is 1. The lowest BCUT2D eigenvalue weighted by Gasteiger charge is -2.41. The second kappa shape index (κ2) is 4.99. The van der Waals surface area contributed by atoms with E-state index in [-0.39, 0.29) is 30.7 Å². The number of ether oxygens (including phenoxy) is 2. The summed E-state index contributed by atoms with van der Waals surface area (Å²) < 4.78 is 11.5. The fourth-order valence-corrected chi connectivity index (χ4v) is 4.17. The molecular weight excluding hydrogens is 256 g/mol. The van der Waals surface area contributed by atoms with Crippen LogP contribution in [0.25, 0.3) is 0 Å². The molecule has 0 aliphatic heterocycles. The van der Waals surface area contributed by atoms with Crippen molar-refractivity contribution in [1.29, 1.82) is 0 Å². The Balaban J connectivity index is 2.28. The van der Waals surface area contributed by atoms with Gasteiger partial charge in [-0.2, -0.15) is 0 Å². The second-order valence-electron chi connectivity index (χ2n) is 7.75. The molecule has 2 saturated carbocycles. The molecule has 2 rings (SSSR count). The number of hydrogen-bond donors (Lipinski definition) is 1. The van der Waals surface area contributed by atoms with Gasteiger partial charge in [0, 0.05) is 0 Å². The van der Waals surface area contributed by atoms with Gasteiger partial charge in [-0.25, -0.2) is 0 Å². The Morgan fingerprint density at radius 1 is 1.35 bits per heavy atom. The van der Waals surface area contributed by atoms with Crippen molar-refractivity contribution in [2.45, 2.75) is 65.6 Å². The molecule has 20 heavy (non-hydrogen) atoms. The van der Waals surface area contributed by atoms with Crippen molar-refractivity contribution in [1.82, 2.24) is 0 Å². The molecule has 0 spiro atoms. The zero-order valence-electron chi connectivity index (χ0n) is 13.4. The molecule has 2 aliphatic carbocycles. The third-order valence-electron chi connectivity index (χ3n) is 5.28. The van der Waals surface area contributed by atoms with E-state index < -0.39 is 11.0 Å². The van der Waals surface area contributed by atoms with E-state index >= 15 is 0 Å². The summed E-state index contributed by atoms with van der Waals surface area (Å²) in [5, 5.41) is 8.99. The molecule has 3 atom stereocenters. The normalized spacial score (nSPS) is 35.3. The van der Waals surface area contributed by atoms with Gasteiger partial charge in [0.15, 0.2) is 0 Å². The maximum Gasteiger partial charge on any atom is 0.315 e. The average molecular weight is 284 g/mol. The first-order valence-electron chi connectivity index (χ1n) is 7.61. The molecule has 2 bridgehead atoms. The molecule has 116 valence electrons. The monoisotopic (exact) mass is 284 g/mol. The summed E-state index contributed by atoms with van der Waals surface area (Å²) >= 11 is 0. The van der Waals surface area contributed by atoms with Crippen LogP contribution >= 0.6 is 0 Å². The van der Waals surface area contributed by atoms with Crippen LogP contribution in [0.5, 0.6) is 0 Å². The summed E-state index contributed by atoms with van der Waals surface area (Å²) in [6, 6.07) is 0. The predicted molar refractivity (Wildman–Crippen MR) is 76.2 cm³/mol. The third-order valence-corrected chi connectivity index (χ3v) is 5.28. The van der Waals surface area contributed by atoms with Crippen molar-refractivity contribution >= 4 is 5.97 Å². The highest BCUT2D eigenvalue weighted by molar-refractivity contribution is 5.80. The molecular formula is C16H28O4. The minimum Gasteiger partial charge on any atom is -0.459 e. The zero-order chi connectivity index (χ0) is 15.2. The number of hydrogen-bond acceptors (Lipinski definition) is 4. The number of carbonyl (C=O) groups is 1. The van der Waals surface area contributed by atoms with Crippen molar-refractivity contribution in [3.63, 3.8) is 0 Å². The first-order valence-corrected chi connectivity index (χ1v) is 7.61. The largest absolute Gasteiger partial charge is 0.459 e. The summed E-state index contributed by atoms with van der Waals surface area (Å²) in [5.41, 5.74) is -1.14. The van der Waals surface area contributed by atoms with Crippen LogP contribution < -0.4 is 0 Å². The summed E-state index contributed by atoms with van der Waals surface area (Å²) in [6.07, 6.45) is 2.66. The van der Waals surface area contributed by atoms with Crippen molar-refractivity contribution in [3.05, 3.63) is 0 Å². The Kier molecular flexibility index (Phi) is 3.93. The van der Waals surface area contributed by atoms with Gasteiger partial charge in [0.2, 0.25) is 0 Å². The average Bonchev–Trinajstić information content (AvgIpc) is 2.69. The Bertz CT molecular complexity index is 382. The maximum atomic E-state index is 12.9. The number of carbonyl (C=O) groups excluding carboxylic acids is 1. The smallest absolute Gasteiger partial charge is 0.315 e. The third kappa shape index (κ3) is 2.27. The number of aliphatic hydroxyl groups is 1. The van der Waals surface area contributed by atoms with E-state index in [1.807, 2.05) is 20.8 Å². The van der Waals surface area contributed by atoms with Gasteiger partial charge in [-0.1, -0.05) is 13.8 Å². The van der Waals surface area contributed by atoms with Crippen LogP contribution in [-0.2, 0) is 14.3 Å². The lowest BCUT2D eigenvalue weighted by Crippen LogP contribution is -2.49. The molecule has 0 aromatic carbocycles. The fourth-order valence-electron chi connectivity index (χ4n) is 4.17. The Hall–Kier alpha value is -0.610. The van der Waals surface area contributed by atoms with Crippen molar-refractivity contribution in [2.24, 2.45) is 16.7 Å². The van der Waals surface area contributed by atoms with Gasteiger partial charge in [-0.15, -0.1) is 0 Å². The molecule has 2 aliphatic rings. The molecule has 2 fully saturated rings. The molecule has 0 heterocycles. The summed E-state index contributed by atoms with van der Waals surface area (Å²) in [4.78, 5) is 12.9. The van der Waals surface area contributed by atoms with E-state index in [9.17, 15) is 4.79 Å². The van der Waals surface area contributed by atoms with Gasteiger partial charge < -0.3 is 14.6 Å². The number of esters is 1. The molecule has 4 heteroatoms. The summed E-state index contributed by atoms with van der Waals surface area (Å²) in [7, 11) is 0. The van der Waals surface area contributed by atoms with Crippen LogP contribution in [0, 0.1) is 16.7 Å². The molecule has 0 aromatic heterocycles. The first kappa shape index (κ1) is 15.8. The highest BCUT2D eigenvalue weighted by atomic mass is 16.6. The van der Waals surface area contributed by atoms with E-state index in [0.29, 0.717) is 5.92 Å². The molecule has 1 N–H and O–H groups in total. The summed E-state index contributed by atoms with van der Waals surface area (Å²) in [5.74, 6) is 0.372. The van der Waals surface area contributed by atoms with Crippen LogP contribution in [0.2, 0.25) is 0 Å². The van der Waals surface area contributed by atoms with Crippen molar-refractivity contribution < 1.29 is 19.4 Å². The van der Waals surface area contributed by atoms with Crippen molar-refractivity contribution in [3.8, 4) is 0 Å². The van der Waals surface area contributed by atoms with Gasteiger partial charge in [0.05, 0.1) is 24.7 Å². The van der Waals surface area contributed by atoms with E-state index in [0.717, 1.165) is 19.3 Å². The minimum atomic E-state index is -0.555. The predicted octanol–water partition coefficient (Wildman–Crippen LogP) is 2.53. The lowest BCUT2D eigenvalue weighted by atomic mass is 9.68. The zero-order valence-corrected chi connectivity index (χ0v) is 13.4. The van der Waals surface area contributed by atoms with Gasteiger partial charge in [0.25, 0.3) is 0 Å². The Morgan fingerprint density at radius 2 is 2.00 bits per heavy atom. The van der Waals surface area contributed by atoms with Crippen LogP contribution in [0.1, 0.15) is 53.9 Å². The standard InChI is InChI=1S/C16H28O4/c1-14(2,3)20-13(18)16-7-6-11(15(16,4)5)10-12(16)19-9-8-17/h11-12,17H,6-10H2,1-5H3/t11-,12-,16+/m1/s1. The first-order chi connectivity index (χ1) is 9.15. The molecule has 0 aromatic rings. The Morgan fingerprint density at radius 3 is 2.50 bits per heavy atom. The highest BCUT2D eigenvalue weighted by Crippen LogP contribution is 2.67. The van der Waals surface area contributed by atoms with E-state index in [1.54, 1.807) is 0 Å². The van der Waals surface area contributed by atoms with Crippen LogP contribution in [0.15, 0.2) is 0 Å². The van der Waals surface area contributed by atoms with Gasteiger partial charge in [-0.3, -0.25) is 4.79 Å². The van der Waals surface area contributed by atoms with Crippen LogP contribution in [0.3, 0.4) is 0 Å². The SMILES string of the molecule is CC(C)(C)OC(=O)[C@]12CC[C@H](C[C@H]1OCCO)C2(C)C. The van der Waals surface area contributed by atoms with E-state index in [1.165, 1.54) is 0 Å². The molecule has 0 radical (unpaired) electrons. The topological polar surface area (TPSA) is 55.8 Å². The van der Waals surface area contributed by atoms with Crippen LogP contribution in [-0.4, -0.2) is 36.0 Å². The van der Waals surface area contributed by atoms with Crippen molar-refractivity contribution in [2.75, 3.05) is 13.2 Å². The van der Waals surface area contributed by atoms with Gasteiger partial charge in [0.1, 0.15) is 5.60 Å². The maximum absolute atomic E-state index is 12.9. The van der Waals surface area contributed by atoms with Gasteiger partial charge >= 0.3 is 5.97 Å². The molecule has 0 unspecified atom stereocenters. The Labute approximate surface area is 121 Å². The molecule has 0 amide bonds. The van der Waals surface area contributed by atoms with Crippen LogP contribution in [0.4, 0.5) is 0 Å². The highest BCUT2D eigenvalue weighted by Gasteiger charge is 2.69. The number of rotatable bonds is 4. The molecule has 0 saturated heterocycles. The quantitative estimate of drug-likeness (QED) is 0.806. The number of fused-ring (bicyclic) bond motifs is 2. The van der Waals surface area contributed by atoms with E-state index in [4.69, 9.17) is 14.6 Å². The minimum absolute atomic E-state index is 0.00794. The van der Waals surface area contributed by atoms with Gasteiger partial charge in [-0.05, 0) is 51.4 Å². The van der Waals surface area contributed by atoms with E-state index in [2.05, 4.69) is 13.8 Å². The molecule has 4 nitrogen and oxygen atoms in total.